The summed E-state index contributed by atoms with van der Waals surface area (Å²) in [6.07, 6.45) is 0. The van der Waals surface area contributed by atoms with Crippen molar-refractivity contribution in [1.29, 1.82) is 5.26 Å². The molecule has 0 aliphatic heterocycles. The Morgan fingerprint density at radius 1 is 1.26 bits per heavy atom. The van der Waals surface area contributed by atoms with Crippen molar-refractivity contribution >= 4 is 11.6 Å². The average Bonchev–Trinajstić information content (AvgIpc) is 2.54. The van der Waals surface area contributed by atoms with E-state index in [1.165, 1.54) is 23.1 Å². The van der Waals surface area contributed by atoms with Crippen LogP contribution in [0.25, 0.3) is 0 Å². The molecule has 0 bridgehead atoms. The molecule has 0 aromatic heterocycles. The topological polar surface area (TPSA) is 87.2 Å². The molecule has 0 spiro atoms. The number of nitro groups is 1. The predicted molar refractivity (Wildman–Crippen MR) is 84.8 cm³/mol. The number of rotatable bonds is 4. The Morgan fingerprint density at radius 2 is 1.91 bits per heavy atom. The zero-order valence-corrected chi connectivity index (χ0v) is 12.8. The van der Waals surface area contributed by atoms with Crippen molar-refractivity contribution in [3.8, 4) is 6.07 Å². The van der Waals surface area contributed by atoms with Crippen LogP contribution in [-0.2, 0) is 6.54 Å². The number of nitro benzene ring substituents is 1. The fraction of sp³-hybridized carbons (Fsp3) is 0.176. The first-order valence-corrected chi connectivity index (χ1v) is 6.92. The Balaban J connectivity index is 2.14. The van der Waals surface area contributed by atoms with Crippen LogP contribution < -0.4 is 0 Å². The van der Waals surface area contributed by atoms with E-state index in [-0.39, 0.29) is 11.6 Å². The van der Waals surface area contributed by atoms with Gasteiger partial charge >= 0.3 is 0 Å². The summed E-state index contributed by atoms with van der Waals surface area (Å²) in [5.74, 6) is -0.215. The summed E-state index contributed by atoms with van der Waals surface area (Å²) in [4.78, 5) is 24.3. The van der Waals surface area contributed by atoms with Crippen LogP contribution in [0.1, 0.15) is 27.0 Å². The number of hydrogen-bond acceptors (Lipinski definition) is 4. The van der Waals surface area contributed by atoms with E-state index in [1.54, 1.807) is 38.2 Å². The molecule has 0 radical (unpaired) electrons. The summed E-state index contributed by atoms with van der Waals surface area (Å²) in [7, 11) is 1.66. The molecule has 0 atom stereocenters. The summed E-state index contributed by atoms with van der Waals surface area (Å²) < 4.78 is 0. The maximum Gasteiger partial charge on any atom is 0.272 e. The fourth-order valence-corrected chi connectivity index (χ4v) is 2.24. The maximum atomic E-state index is 12.4. The van der Waals surface area contributed by atoms with Crippen molar-refractivity contribution in [3.05, 3.63) is 74.8 Å². The predicted octanol–water partition coefficient (Wildman–Crippen LogP) is 3.05. The minimum absolute atomic E-state index is 0.00343. The molecule has 2 aromatic carbocycles. The van der Waals surface area contributed by atoms with Crippen LogP contribution in [0.15, 0.2) is 42.5 Å². The number of benzene rings is 2. The van der Waals surface area contributed by atoms with E-state index in [9.17, 15) is 14.9 Å². The lowest BCUT2D eigenvalue weighted by Crippen LogP contribution is -2.26. The van der Waals surface area contributed by atoms with Gasteiger partial charge in [-0.15, -0.1) is 0 Å². The average molecular weight is 309 g/mol. The first-order valence-electron chi connectivity index (χ1n) is 6.92. The van der Waals surface area contributed by atoms with Gasteiger partial charge in [0.05, 0.1) is 16.6 Å². The van der Waals surface area contributed by atoms with Crippen molar-refractivity contribution in [3.63, 3.8) is 0 Å². The van der Waals surface area contributed by atoms with Crippen LogP contribution >= 0.6 is 0 Å². The van der Waals surface area contributed by atoms with E-state index in [2.05, 4.69) is 0 Å². The molecule has 0 fully saturated rings. The quantitative estimate of drug-likeness (QED) is 0.641. The van der Waals surface area contributed by atoms with Gasteiger partial charge in [-0.25, -0.2) is 0 Å². The van der Waals surface area contributed by atoms with E-state index in [0.717, 1.165) is 5.56 Å². The molecule has 116 valence electrons. The monoisotopic (exact) mass is 309 g/mol. The second-order valence-corrected chi connectivity index (χ2v) is 5.23. The number of hydrogen-bond donors (Lipinski definition) is 0. The molecular formula is C17H15N3O3. The Labute approximate surface area is 133 Å². The smallest absolute Gasteiger partial charge is 0.272 e. The third kappa shape index (κ3) is 3.71. The van der Waals surface area contributed by atoms with Gasteiger partial charge in [-0.3, -0.25) is 14.9 Å². The SMILES string of the molecule is Cc1cc(C(=O)N(C)Cc2ccc(C#N)cc2)ccc1[N+](=O)[O-]. The Morgan fingerprint density at radius 3 is 2.43 bits per heavy atom. The van der Waals surface area contributed by atoms with Crippen molar-refractivity contribution in [2.24, 2.45) is 0 Å². The van der Waals surface area contributed by atoms with Crippen molar-refractivity contribution in [2.75, 3.05) is 7.05 Å². The zero-order valence-electron chi connectivity index (χ0n) is 12.8. The van der Waals surface area contributed by atoms with Crippen LogP contribution in [0, 0.1) is 28.4 Å². The summed E-state index contributed by atoms with van der Waals surface area (Å²) in [5.41, 5.74) is 2.32. The minimum Gasteiger partial charge on any atom is -0.337 e. The molecule has 2 rings (SSSR count). The van der Waals surface area contributed by atoms with E-state index in [0.29, 0.717) is 23.2 Å². The molecule has 6 nitrogen and oxygen atoms in total. The van der Waals surface area contributed by atoms with E-state index < -0.39 is 4.92 Å². The highest BCUT2D eigenvalue weighted by atomic mass is 16.6. The minimum atomic E-state index is -0.468. The number of aryl methyl sites for hydroxylation is 1. The summed E-state index contributed by atoms with van der Waals surface area (Å²) in [5, 5.41) is 19.6. The molecule has 0 aliphatic carbocycles. The first-order chi connectivity index (χ1) is 10.9. The van der Waals surface area contributed by atoms with Gasteiger partial charge in [-0.2, -0.15) is 5.26 Å². The number of carbonyl (C=O) groups excluding carboxylic acids is 1. The van der Waals surface area contributed by atoms with Gasteiger partial charge in [0.1, 0.15) is 0 Å². The first kappa shape index (κ1) is 16.2. The van der Waals surface area contributed by atoms with Crippen LogP contribution in [0.5, 0.6) is 0 Å². The Hall–Kier alpha value is -3.20. The number of amides is 1. The Kier molecular flexibility index (Phi) is 4.72. The van der Waals surface area contributed by atoms with E-state index in [4.69, 9.17) is 5.26 Å². The normalized spacial score (nSPS) is 9.96. The number of carbonyl (C=O) groups is 1. The van der Waals surface area contributed by atoms with Gasteiger partial charge in [0.2, 0.25) is 0 Å². The van der Waals surface area contributed by atoms with Gasteiger partial charge in [-0.1, -0.05) is 12.1 Å². The second-order valence-electron chi connectivity index (χ2n) is 5.23. The van der Waals surface area contributed by atoms with Crippen LogP contribution in [0.3, 0.4) is 0 Å². The standard InChI is InChI=1S/C17H15N3O3/c1-12-9-15(7-8-16(12)20(22)23)17(21)19(2)11-14-5-3-13(10-18)4-6-14/h3-9H,11H2,1-2H3. The molecule has 0 heterocycles. The van der Waals surface area contributed by atoms with E-state index in [1.807, 2.05) is 6.07 Å². The van der Waals surface area contributed by atoms with Gasteiger partial charge in [0.25, 0.3) is 11.6 Å². The highest BCUT2D eigenvalue weighted by molar-refractivity contribution is 5.94. The highest BCUT2D eigenvalue weighted by Gasteiger charge is 2.16. The van der Waals surface area contributed by atoms with Gasteiger partial charge in [0, 0.05) is 30.8 Å². The third-order valence-corrected chi connectivity index (χ3v) is 3.49. The molecule has 6 heteroatoms. The number of nitrogens with zero attached hydrogens (tertiary/aromatic N) is 3. The van der Waals surface area contributed by atoms with E-state index >= 15 is 0 Å². The van der Waals surface area contributed by atoms with Crippen LogP contribution in [0.4, 0.5) is 5.69 Å². The fourth-order valence-electron chi connectivity index (χ4n) is 2.24. The molecule has 0 saturated carbocycles. The van der Waals surface area contributed by atoms with Gasteiger partial charge in [0.15, 0.2) is 0 Å². The molecule has 2 aromatic rings. The summed E-state index contributed by atoms with van der Waals surface area (Å²) in [6.45, 7) is 2.00. The Bertz CT molecular complexity index is 792. The third-order valence-electron chi connectivity index (χ3n) is 3.49. The lowest BCUT2D eigenvalue weighted by molar-refractivity contribution is -0.385. The molecule has 0 unspecified atom stereocenters. The summed E-state index contributed by atoms with van der Waals surface area (Å²) >= 11 is 0. The molecule has 23 heavy (non-hydrogen) atoms. The maximum absolute atomic E-state index is 12.4. The molecular weight excluding hydrogens is 294 g/mol. The number of nitriles is 1. The lowest BCUT2D eigenvalue weighted by Gasteiger charge is -2.17. The van der Waals surface area contributed by atoms with Gasteiger partial charge in [-0.05, 0) is 36.8 Å². The molecule has 0 saturated heterocycles. The largest absolute Gasteiger partial charge is 0.337 e. The van der Waals surface area contributed by atoms with Crippen molar-refractivity contribution in [1.82, 2.24) is 4.90 Å². The second kappa shape index (κ2) is 6.71. The molecule has 1 amide bonds. The lowest BCUT2D eigenvalue weighted by atomic mass is 10.1. The highest BCUT2D eigenvalue weighted by Crippen LogP contribution is 2.20. The van der Waals surface area contributed by atoms with Crippen LogP contribution in [0.2, 0.25) is 0 Å². The zero-order chi connectivity index (χ0) is 17.0. The van der Waals surface area contributed by atoms with Crippen molar-refractivity contribution in [2.45, 2.75) is 13.5 Å². The molecule has 0 aliphatic rings. The van der Waals surface area contributed by atoms with Crippen LogP contribution in [-0.4, -0.2) is 22.8 Å². The molecule has 0 N–H and O–H groups in total. The van der Waals surface area contributed by atoms with Gasteiger partial charge < -0.3 is 4.90 Å². The summed E-state index contributed by atoms with van der Waals surface area (Å²) in [6, 6.07) is 13.4. The van der Waals surface area contributed by atoms with Crippen molar-refractivity contribution < 1.29 is 9.72 Å².